The predicted molar refractivity (Wildman–Crippen MR) is 261 cm³/mol. The van der Waals surface area contributed by atoms with Crippen molar-refractivity contribution in [1.82, 2.24) is 0 Å². The molecular weight excluding hydrogens is 757 g/mol. The fourth-order valence-corrected chi connectivity index (χ4v) is 6.62. The molecule has 0 radical (unpaired) electrons. The fraction of sp³-hybridized carbons (Fsp3) is 0.691. The standard InChI is InChI=1S/C55H92O6/c1-4-7-10-13-16-19-22-24-26-27-29-30-33-36-39-42-45-48-54(57)60-51-52(50-59-53(56)47-44-41-38-35-32-21-18-15-12-9-6-3)61-55(58)49-46-43-40-37-34-31-28-25-23-20-17-14-11-8-5-2/h8,11,16-17,19-20,24-26,28-30,36,39,52H,4-7,9-10,12-15,18,21-23,27,31-35,37-38,40-51H2,1-3H3/b11-8-,19-16-,20-17-,26-24-,28-25-,30-29-,39-36-/t52-/m1/s1. The number of esters is 3. The second-order valence-electron chi connectivity index (χ2n) is 16.3. The van der Waals surface area contributed by atoms with Crippen molar-refractivity contribution >= 4 is 17.9 Å². The van der Waals surface area contributed by atoms with Crippen molar-refractivity contribution in [2.75, 3.05) is 13.2 Å². The van der Waals surface area contributed by atoms with Gasteiger partial charge < -0.3 is 14.2 Å². The van der Waals surface area contributed by atoms with Crippen LogP contribution in [0, 0.1) is 0 Å². The van der Waals surface area contributed by atoms with Crippen LogP contribution >= 0.6 is 0 Å². The summed E-state index contributed by atoms with van der Waals surface area (Å²) in [5.74, 6) is -0.979. The number of carbonyl (C=O) groups is 3. The molecule has 0 aromatic carbocycles. The molecule has 0 aliphatic heterocycles. The van der Waals surface area contributed by atoms with Gasteiger partial charge in [-0.25, -0.2) is 0 Å². The van der Waals surface area contributed by atoms with Gasteiger partial charge in [-0.2, -0.15) is 0 Å². The monoisotopic (exact) mass is 849 g/mol. The molecule has 0 aromatic rings. The molecular formula is C55H92O6. The van der Waals surface area contributed by atoms with Crippen molar-refractivity contribution in [3.05, 3.63) is 85.1 Å². The molecule has 1 atom stereocenters. The number of rotatable bonds is 44. The van der Waals surface area contributed by atoms with E-state index in [0.717, 1.165) is 103 Å². The second kappa shape index (κ2) is 49.2. The molecule has 0 N–H and O–H groups in total. The number of carbonyl (C=O) groups excluding carboxylic acids is 3. The van der Waals surface area contributed by atoms with Gasteiger partial charge in [0.2, 0.25) is 0 Å². The van der Waals surface area contributed by atoms with Crippen LogP contribution in [0.1, 0.15) is 226 Å². The van der Waals surface area contributed by atoms with Gasteiger partial charge in [0.05, 0.1) is 0 Å². The van der Waals surface area contributed by atoms with E-state index in [0.29, 0.717) is 19.3 Å². The third-order valence-electron chi connectivity index (χ3n) is 10.4. The molecule has 348 valence electrons. The van der Waals surface area contributed by atoms with E-state index in [4.69, 9.17) is 14.2 Å². The normalized spacial score (nSPS) is 12.8. The highest BCUT2D eigenvalue weighted by Crippen LogP contribution is 2.14. The highest BCUT2D eigenvalue weighted by atomic mass is 16.6. The highest BCUT2D eigenvalue weighted by molar-refractivity contribution is 5.71. The fourth-order valence-electron chi connectivity index (χ4n) is 6.62. The molecule has 0 heterocycles. The smallest absolute Gasteiger partial charge is 0.306 e. The van der Waals surface area contributed by atoms with Gasteiger partial charge in [0.1, 0.15) is 13.2 Å². The molecule has 6 heteroatoms. The zero-order valence-electron chi connectivity index (χ0n) is 39.7. The van der Waals surface area contributed by atoms with Crippen LogP contribution in [-0.4, -0.2) is 37.2 Å². The minimum Gasteiger partial charge on any atom is -0.462 e. The molecule has 0 fully saturated rings. The van der Waals surface area contributed by atoms with E-state index in [-0.39, 0.29) is 37.5 Å². The quantitative estimate of drug-likeness (QED) is 0.0263. The van der Waals surface area contributed by atoms with Crippen molar-refractivity contribution in [2.24, 2.45) is 0 Å². The molecule has 0 bridgehead atoms. The van der Waals surface area contributed by atoms with Gasteiger partial charge >= 0.3 is 17.9 Å². The molecule has 0 saturated heterocycles. The number of hydrogen-bond acceptors (Lipinski definition) is 6. The SMILES string of the molecule is CC/C=C\C/C=C\C/C=C\CCCCCCCC(=O)O[C@@H](COC(=O)CCC/C=C\C/C=C\C/C=C\C/C=C\CCCCC)COC(=O)CCCCCCCCCCCCC. The van der Waals surface area contributed by atoms with Crippen molar-refractivity contribution in [2.45, 2.75) is 232 Å². The van der Waals surface area contributed by atoms with E-state index in [1.165, 1.54) is 77.0 Å². The Balaban J connectivity index is 4.49. The molecule has 0 saturated carbocycles. The highest BCUT2D eigenvalue weighted by Gasteiger charge is 2.19. The maximum atomic E-state index is 12.8. The van der Waals surface area contributed by atoms with Crippen LogP contribution in [0.4, 0.5) is 0 Å². The van der Waals surface area contributed by atoms with E-state index in [1.54, 1.807) is 0 Å². The number of hydrogen-bond donors (Lipinski definition) is 0. The Morgan fingerprint density at radius 3 is 1.10 bits per heavy atom. The zero-order valence-corrected chi connectivity index (χ0v) is 39.7. The van der Waals surface area contributed by atoms with Gasteiger partial charge in [-0.3, -0.25) is 14.4 Å². The summed E-state index contributed by atoms with van der Waals surface area (Å²) in [4.78, 5) is 37.9. The van der Waals surface area contributed by atoms with E-state index in [2.05, 4.69) is 106 Å². The summed E-state index contributed by atoms with van der Waals surface area (Å²) in [7, 11) is 0. The van der Waals surface area contributed by atoms with E-state index in [9.17, 15) is 14.4 Å². The predicted octanol–water partition coefficient (Wildman–Crippen LogP) is 16.4. The van der Waals surface area contributed by atoms with Crippen LogP contribution in [0.25, 0.3) is 0 Å². The molecule has 0 aromatic heterocycles. The van der Waals surface area contributed by atoms with Gasteiger partial charge in [-0.1, -0.05) is 202 Å². The van der Waals surface area contributed by atoms with Gasteiger partial charge in [0, 0.05) is 19.3 Å². The Morgan fingerprint density at radius 2 is 0.656 bits per heavy atom. The first-order chi connectivity index (χ1) is 30.0. The molecule has 0 spiro atoms. The summed E-state index contributed by atoms with van der Waals surface area (Å²) in [5.41, 5.74) is 0. The first-order valence-electron chi connectivity index (χ1n) is 25.1. The maximum Gasteiger partial charge on any atom is 0.306 e. The maximum absolute atomic E-state index is 12.8. The van der Waals surface area contributed by atoms with Crippen LogP contribution in [0.2, 0.25) is 0 Å². The van der Waals surface area contributed by atoms with Crippen LogP contribution < -0.4 is 0 Å². The third-order valence-corrected chi connectivity index (χ3v) is 10.4. The average molecular weight is 849 g/mol. The lowest BCUT2D eigenvalue weighted by atomic mass is 10.1. The van der Waals surface area contributed by atoms with Crippen molar-refractivity contribution in [3.8, 4) is 0 Å². The lowest BCUT2D eigenvalue weighted by molar-refractivity contribution is -0.167. The average Bonchev–Trinajstić information content (AvgIpc) is 3.26. The minimum absolute atomic E-state index is 0.0999. The van der Waals surface area contributed by atoms with E-state index < -0.39 is 6.10 Å². The van der Waals surface area contributed by atoms with Crippen LogP contribution in [0.15, 0.2) is 85.1 Å². The van der Waals surface area contributed by atoms with Crippen molar-refractivity contribution in [1.29, 1.82) is 0 Å². The first kappa shape index (κ1) is 57.6. The summed E-state index contributed by atoms with van der Waals surface area (Å²) < 4.78 is 16.7. The second-order valence-corrected chi connectivity index (χ2v) is 16.3. The van der Waals surface area contributed by atoms with E-state index in [1.807, 2.05) is 0 Å². The zero-order chi connectivity index (χ0) is 44.4. The summed E-state index contributed by atoms with van der Waals surface area (Å²) in [5, 5.41) is 0. The molecule has 0 rings (SSSR count). The summed E-state index contributed by atoms with van der Waals surface area (Å²) in [6, 6.07) is 0. The molecule has 0 unspecified atom stereocenters. The third kappa shape index (κ3) is 47.5. The molecule has 0 aliphatic rings. The Hall–Kier alpha value is -3.41. The summed E-state index contributed by atoms with van der Waals surface area (Å²) >= 11 is 0. The van der Waals surface area contributed by atoms with Crippen LogP contribution in [0.5, 0.6) is 0 Å². The van der Waals surface area contributed by atoms with Gasteiger partial charge in [0.25, 0.3) is 0 Å². The van der Waals surface area contributed by atoms with Crippen LogP contribution in [-0.2, 0) is 28.6 Å². The molecule has 61 heavy (non-hydrogen) atoms. The lowest BCUT2D eigenvalue weighted by Crippen LogP contribution is -2.30. The molecule has 0 aliphatic carbocycles. The van der Waals surface area contributed by atoms with Crippen molar-refractivity contribution in [3.63, 3.8) is 0 Å². The minimum atomic E-state index is -0.805. The van der Waals surface area contributed by atoms with Gasteiger partial charge in [-0.05, 0) is 89.9 Å². The lowest BCUT2D eigenvalue weighted by Gasteiger charge is -2.18. The van der Waals surface area contributed by atoms with Crippen molar-refractivity contribution < 1.29 is 28.6 Å². The molecule has 0 amide bonds. The number of allylic oxidation sites excluding steroid dienone is 14. The Morgan fingerprint density at radius 1 is 0.344 bits per heavy atom. The summed E-state index contributed by atoms with van der Waals surface area (Å²) in [6.45, 7) is 6.42. The largest absolute Gasteiger partial charge is 0.462 e. The molecule has 6 nitrogen and oxygen atoms in total. The summed E-state index contributed by atoms with van der Waals surface area (Å²) in [6.07, 6.45) is 62.8. The Labute approximate surface area is 375 Å². The Kier molecular flexibility index (Phi) is 46.5. The first-order valence-corrected chi connectivity index (χ1v) is 25.1. The topological polar surface area (TPSA) is 78.9 Å². The van der Waals surface area contributed by atoms with E-state index >= 15 is 0 Å². The van der Waals surface area contributed by atoms with Crippen LogP contribution in [0.3, 0.4) is 0 Å². The Bertz CT molecular complexity index is 1200. The van der Waals surface area contributed by atoms with Gasteiger partial charge in [-0.15, -0.1) is 0 Å². The number of unbranched alkanes of at least 4 members (excludes halogenated alkanes) is 19. The number of ether oxygens (including phenoxy) is 3. The van der Waals surface area contributed by atoms with Gasteiger partial charge in [0.15, 0.2) is 6.10 Å².